The lowest BCUT2D eigenvalue weighted by molar-refractivity contribution is 0.0474. The molecule has 8 nitrogen and oxygen atoms in total. The Balaban J connectivity index is 2.65. The molecule has 152 valence electrons. The molecule has 27 heavy (non-hydrogen) atoms. The molecule has 0 unspecified atom stereocenters. The Bertz CT molecular complexity index is 638. The molecule has 0 saturated heterocycles. The number of aliphatic imine (C=N–C) groups is 1. The molecule has 1 amide bonds. The van der Waals surface area contributed by atoms with Crippen molar-refractivity contribution in [1.29, 1.82) is 0 Å². The zero-order valence-electron chi connectivity index (χ0n) is 17.5. The van der Waals surface area contributed by atoms with E-state index < -0.39 is 17.2 Å². The van der Waals surface area contributed by atoms with Crippen LogP contribution in [0.1, 0.15) is 47.1 Å². The van der Waals surface area contributed by atoms with Gasteiger partial charge in [0.2, 0.25) is 5.88 Å². The lowest BCUT2D eigenvalue weighted by Crippen LogP contribution is -2.54. The van der Waals surface area contributed by atoms with Gasteiger partial charge in [0, 0.05) is 25.4 Å². The number of hydrogen-bond donors (Lipinski definition) is 3. The van der Waals surface area contributed by atoms with Crippen LogP contribution in [0, 0.1) is 0 Å². The van der Waals surface area contributed by atoms with Gasteiger partial charge >= 0.3 is 6.09 Å². The molecule has 1 aromatic heterocycles. The van der Waals surface area contributed by atoms with Crippen LogP contribution in [-0.2, 0) is 11.3 Å². The summed E-state index contributed by atoms with van der Waals surface area (Å²) in [5, 5.41) is 9.31. The normalized spacial score (nSPS) is 12.3. The summed E-state index contributed by atoms with van der Waals surface area (Å²) < 4.78 is 10.4. The van der Waals surface area contributed by atoms with Crippen molar-refractivity contribution in [2.45, 2.75) is 59.2 Å². The molecule has 0 bridgehead atoms. The number of ether oxygens (including phenoxy) is 2. The fourth-order valence-corrected chi connectivity index (χ4v) is 2.10. The number of rotatable bonds is 7. The van der Waals surface area contributed by atoms with E-state index in [1.165, 1.54) is 0 Å². The first-order chi connectivity index (χ1) is 12.5. The third-order valence-corrected chi connectivity index (χ3v) is 3.31. The van der Waals surface area contributed by atoms with Gasteiger partial charge in [-0.2, -0.15) is 0 Å². The first-order valence-corrected chi connectivity index (χ1v) is 9.07. The number of methoxy groups -OCH3 is 1. The van der Waals surface area contributed by atoms with E-state index in [9.17, 15) is 4.79 Å². The van der Waals surface area contributed by atoms with E-state index in [1.54, 1.807) is 13.3 Å². The van der Waals surface area contributed by atoms with Crippen LogP contribution in [0.5, 0.6) is 5.88 Å². The number of amides is 1. The van der Waals surface area contributed by atoms with Crippen molar-refractivity contribution in [1.82, 2.24) is 20.9 Å². The van der Waals surface area contributed by atoms with Gasteiger partial charge in [-0.3, -0.25) is 0 Å². The Morgan fingerprint density at radius 1 is 1.22 bits per heavy atom. The quantitative estimate of drug-likeness (QED) is 0.497. The van der Waals surface area contributed by atoms with Gasteiger partial charge in [0.25, 0.3) is 0 Å². The number of aromatic nitrogens is 1. The molecule has 0 aliphatic carbocycles. The van der Waals surface area contributed by atoms with E-state index >= 15 is 0 Å². The molecule has 0 aromatic carbocycles. The average molecular weight is 380 g/mol. The van der Waals surface area contributed by atoms with Crippen LogP contribution < -0.4 is 20.7 Å². The highest BCUT2D eigenvalue weighted by atomic mass is 16.6. The first-order valence-electron chi connectivity index (χ1n) is 9.07. The molecule has 0 radical (unpaired) electrons. The van der Waals surface area contributed by atoms with Crippen molar-refractivity contribution in [2.75, 3.05) is 20.2 Å². The molecule has 0 saturated carbocycles. The fraction of sp³-hybridized carbons (Fsp3) is 0.632. The summed E-state index contributed by atoms with van der Waals surface area (Å²) in [6.07, 6.45) is 1.25. The summed E-state index contributed by atoms with van der Waals surface area (Å²) in [5.41, 5.74) is -0.0567. The van der Waals surface area contributed by atoms with Gasteiger partial charge in [0.1, 0.15) is 5.60 Å². The lowest BCUT2D eigenvalue weighted by Gasteiger charge is -2.29. The molecule has 0 aliphatic rings. The van der Waals surface area contributed by atoms with Crippen molar-refractivity contribution in [3.05, 3.63) is 23.9 Å². The molecule has 0 spiro atoms. The van der Waals surface area contributed by atoms with Gasteiger partial charge in [-0.25, -0.2) is 14.8 Å². The molecular weight excluding hydrogens is 346 g/mol. The van der Waals surface area contributed by atoms with Crippen molar-refractivity contribution in [2.24, 2.45) is 4.99 Å². The summed E-state index contributed by atoms with van der Waals surface area (Å²) in [5.74, 6) is 1.22. The minimum atomic E-state index is -0.532. The van der Waals surface area contributed by atoms with E-state index in [4.69, 9.17) is 9.47 Å². The summed E-state index contributed by atoms with van der Waals surface area (Å²) in [6, 6.07) is 3.74. The molecule has 1 rings (SSSR count). The number of carbonyl (C=O) groups excluding carboxylic acids is 1. The van der Waals surface area contributed by atoms with Gasteiger partial charge in [0.05, 0.1) is 19.2 Å². The largest absolute Gasteiger partial charge is 0.481 e. The molecule has 0 atom stereocenters. The number of nitrogens with one attached hydrogen (secondary N) is 3. The molecule has 3 N–H and O–H groups in total. The summed E-state index contributed by atoms with van der Waals surface area (Å²) >= 11 is 0. The standard InChI is InChI=1S/C19H33N5O3/c1-8-20-16(22-12-14-9-10-21-15(11-14)26-7)23-13-19(5,6)24-17(25)27-18(2,3)4/h9-11H,8,12-13H2,1-7H3,(H,24,25)(H2,20,22,23). The van der Waals surface area contributed by atoms with Crippen LogP contribution >= 0.6 is 0 Å². The Kier molecular flexibility index (Phi) is 8.33. The predicted octanol–water partition coefficient (Wildman–Crippen LogP) is 2.45. The molecule has 0 aliphatic heterocycles. The molecule has 0 fully saturated rings. The van der Waals surface area contributed by atoms with Gasteiger partial charge in [-0.15, -0.1) is 0 Å². The molecule has 1 aromatic rings. The lowest BCUT2D eigenvalue weighted by atomic mass is 10.1. The maximum atomic E-state index is 12.0. The van der Waals surface area contributed by atoms with Gasteiger partial charge in [-0.05, 0) is 53.2 Å². The highest BCUT2D eigenvalue weighted by Gasteiger charge is 2.24. The molecule has 1 heterocycles. The number of pyridine rings is 1. The highest BCUT2D eigenvalue weighted by Crippen LogP contribution is 2.10. The van der Waals surface area contributed by atoms with Crippen LogP contribution in [0.4, 0.5) is 4.79 Å². The number of guanidine groups is 1. The fourth-order valence-electron chi connectivity index (χ4n) is 2.10. The van der Waals surface area contributed by atoms with Gasteiger partial charge < -0.3 is 25.4 Å². The zero-order valence-corrected chi connectivity index (χ0v) is 17.5. The van der Waals surface area contributed by atoms with Crippen LogP contribution in [0.2, 0.25) is 0 Å². The van der Waals surface area contributed by atoms with Crippen LogP contribution in [-0.4, -0.2) is 48.4 Å². The first kappa shape index (κ1) is 22.5. The highest BCUT2D eigenvalue weighted by molar-refractivity contribution is 5.80. The summed E-state index contributed by atoms with van der Waals surface area (Å²) in [4.78, 5) is 20.6. The molecular formula is C19H33N5O3. The number of nitrogens with zero attached hydrogens (tertiary/aromatic N) is 2. The van der Waals surface area contributed by atoms with Gasteiger partial charge in [-0.1, -0.05) is 0 Å². The third-order valence-electron chi connectivity index (χ3n) is 3.31. The van der Waals surface area contributed by atoms with Crippen LogP contribution in [0.15, 0.2) is 23.3 Å². The minimum absolute atomic E-state index is 0.444. The Hall–Kier alpha value is -2.51. The summed E-state index contributed by atoms with van der Waals surface area (Å²) in [6.45, 7) is 13.0. The second-order valence-corrected chi connectivity index (χ2v) is 7.77. The topological polar surface area (TPSA) is 96.9 Å². The van der Waals surface area contributed by atoms with E-state index in [-0.39, 0.29) is 0 Å². The predicted molar refractivity (Wildman–Crippen MR) is 107 cm³/mol. The van der Waals surface area contributed by atoms with Gasteiger partial charge in [0.15, 0.2) is 5.96 Å². The average Bonchev–Trinajstić information content (AvgIpc) is 2.55. The van der Waals surface area contributed by atoms with E-state index in [2.05, 4.69) is 25.9 Å². The number of alkyl carbamates (subject to hydrolysis) is 1. The van der Waals surface area contributed by atoms with E-state index in [0.29, 0.717) is 24.9 Å². The monoisotopic (exact) mass is 379 g/mol. The number of carbonyl (C=O) groups is 1. The molecule has 8 heteroatoms. The number of hydrogen-bond acceptors (Lipinski definition) is 5. The second-order valence-electron chi connectivity index (χ2n) is 7.77. The maximum absolute atomic E-state index is 12.0. The van der Waals surface area contributed by atoms with E-state index in [1.807, 2.05) is 53.7 Å². The van der Waals surface area contributed by atoms with Crippen molar-refractivity contribution < 1.29 is 14.3 Å². The maximum Gasteiger partial charge on any atom is 0.408 e. The minimum Gasteiger partial charge on any atom is -0.481 e. The smallest absolute Gasteiger partial charge is 0.408 e. The van der Waals surface area contributed by atoms with Crippen molar-refractivity contribution >= 4 is 12.1 Å². The zero-order chi connectivity index (χ0) is 20.5. The van der Waals surface area contributed by atoms with Crippen molar-refractivity contribution in [3.8, 4) is 5.88 Å². The third kappa shape index (κ3) is 9.67. The summed E-state index contributed by atoms with van der Waals surface area (Å²) in [7, 11) is 1.58. The Morgan fingerprint density at radius 3 is 2.52 bits per heavy atom. The SMILES string of the molecule is CCNC(=NCc1ccnc(OC)c1)NCC(C)(C)NC(=O)OC(C)(C)C. The Labute approximate surface area is 162 Å². The van der Waals surface area contributed by atoms with Crippen molar-refractivity contribution in [3.63, 3.8) is 0 Å². The van der Waals surface area contributed by atoms with E-state index in [0.717, 1.165) is 12.1 Å². The Morgan fingerprint density at radius 2 is 1.93 bits per heavy atom. The second kappa shape index (κ2) is 9.99. The van der Waals surface area contributed by atoms with Crippen LogP contribution in [0.25, 0.3) is 0 Å². The van der Waals surface area contributed by atoms with Crippen LogP contribution in [0.3, 0.4) is 0 Å².